The third kappa shape index (κ3) is 5.37. The zero-order chi connectivity index (χ0) is 16.0. The zero-order valence-corrected chi connectivity index (χ0v) is 14.6. The SMILES string of the molecule is CCN(CC)CCNC(C(N)=O)c1csc(C(C)(C)C)n1. The monoisotopic (exact) mass is 312 g/mol. The number of aromatic nitrogens is 1. The number of rotatable bonds is 8. The molecule has 0 radical (unpaired) electrons. The smallest absolute Gasteiger partial charge is 0.240 e. The lowest BCUT2D eigenvalue weighted by Crippen LogP contribution is -2.39. The van der Waals surface area contributed by atoms with E-state index in [4.69, 9.17) is 5.73 Å². The minimum atomic E-state index is -0.507. The van der Waals surface area contributed by atoms with E-state index in [9.17, 15) is 4.79 Å². The van der Waals surface area contributed by atoms with Crippen LogP contribution in [-0.4, -0.2) is 42.0 Å². The third-order valence-corrected chi connectivity index (χ3v) is 4.70. The van der Waals surface area contributed by atoms with E-state index in [0.717, 1.165) is 36.9 Å². The Morgan fingerprint density at radius 3 is 2.48 bits per heavy atom. The van der Waals surface area contributed by atoms with Gasteiger partial charge in [-0.25, -0.2) is 4.98 Å². The van der Waals surface area contributed by atoms with Gasteiger partial charge in [-0.05, 0) is 13.1 Å². The molecule has 0 bridgehead atoms. The molecule has 1 amide bonds. The van der Waals surface area contributed by atoms with Gasteiger partial charge in [-0.2, -0.15) is 0 Å². The summed E-state index contributed by atoms with van der Waals surface area (Å²) in [5.41, 5.74) is 6.24. The van der Waals surface area contributed by atoms with E-state index < -0.39 is 6.04 Å². The molecule has 1 atom stereocenters. The molecule has 0 aliphatic rings. The van der Waals surface area contributed by atoms with Gasteiger partial charge < -0.3 is 10.6 Å². The fourth-order valence-electron chi connectivity index (χ4n) is 2.02. The molecule has 0 aliphatic heterocycles. The summed E-state index contributed by atoms with van der Waals surface area (Å²) in [6, 6.07) is -0.507. The second-order valence-corrected chi connectivity index (χ2v) is 7.00. The van der Waals surface area contributed by atoms with Gasteiger partial charge in [-0.1, -0.05) is 34.6 Å². The minimum absolute atomic E-state index is 0.00761. The molecule has 1 heterocycles. The molecular weight excluding hydrogens is 284 g/mol. The van der Waals surface area contributed by atoms with Crippen LogP contribution < -0.4 is 11.1 Å². The van der Waals surface area contributed by atoms with E-state index in [-0.39, 0.29) is 11.3 Å². The highest BCUT2D eigenvalue weighted by Crippen LogP contribution is 2.27. The number of nitrogens with two attached hydrogens (primary N) is 1. The summed E-state index contributed by atoms with van der Waals surface area (Å²) >= 11 is 1.58. The summed E-state index contributed by atoms with van der Waals surface area (Å²) < 4.78 is 0. The largest absolute Gasteiger partial charge is 0.368 e. The van der Waals surface area contributed by atoms with Crippen LogP contribution in [0.1, 0.15) is 51.4 Å². The number of likely N-dealkylation sites (N-methyl/N-ethyl adjacent to an activating group) is 1. The Hall–Kier alpha value is -0.980. The maximum absolute atomic E-state index is 11.7. The second kappa shape index (κ2) is 7.87. The lowest BCUT2D eigenvalue weighted by Gasteiger charge is -2.20. The third-order valence-electron chi connectivity index (χ3n) is 3.41. The quantitative estimate of drug-likeness (QED) is 0.769. The van der Waals surface area contributed by atoms with Gasteiger partial charge in [0.15, 0.2) is 0 Å². The first-order valence-corrected chi connectivity index (χ1v) is 8.38. The number of amides is 1. The fraction of sp³-hybridized carbons (Fsp3) is 0.733. The molecule has 1 rings (SSSR count). The second-order valence-electron chi connectivity index (χ2n) is 6.14. The van der Waals surface area contributed by atoms with Crippen LogP contribution in [0.2, 0.25) is 0 Å². The molecule has 0 aromatic carbocycles. The average Bonchev–Trinajstić information content (AvgIpc) is 2.88. The number of thiazole rings is 1. The van der Waals surface area contributed by atoms with Gasteiger partial charge in [0.2, 0.25) is 5.91 Å². The van der Waals surface area contributed by atoms with Crippen molar-refractivity contribution in [3.05, 3.63) is 16.1 Å². The molecule has 1 aromatic heterocycles. The van der Waals surface area contributed by atoms with E-state index in [2.05, 4.69) is 49.8 Å². The Morgan fingerprint density at radius 2 is 2.05 bits per heavy atom. The molecule has 21 heavy (non-hydrogen) atoms. The maximum atomic E-state index is 11.7. The summed E-state index contributed by atoms with van der Waals surface area (Å²) in [7, 11) is 0. The van der Waals surface area contributed by atoms with Crippen molar-refractivity contribution in [2.75, 3.05) is 26.2 Å². The van der Waals surface area contributed by atoms with Crippen LogP contribution in [0.15, 0.2) is 5.38 Å². The first-order chi connectivity index (χ1) is 9.79. The van der Waals surface area contributed by atoms with Crippen molar-refractivity contribution in [2.45, 2.75) is 46.1 Å². The van der Waals surface area contributed by atoms with Crippen LogP contribution in [0.25, 0.3) is 0 Å². The highest BCUT2D eigenvalue weighted by Gasteiger charge is 2.24. The highest BCUT2D eigenvalue weighted by atomic mass is 32.1. The summed E-state index contributed by atoms with van der Waals surface area (Å²) in [4.78, 5) is 18.6. The van der Waals surface area contributed by atoms with Gasteiger partial charge in [0.05, 0.1) is 10.7 Å². The van der Waals surface area contributed by atoms with Crippen LogP contribution in [-0.2, 0) is 10.2 Å². The predicted octanol–water partition coefficient (Wildman–Crippen LogP) is 1.90. The summed E-state index contributed by atoms with van der Waals surface area (Å²) in [6.45, 7) is 14.2. The number of primary amides is 1. The minimum Gasteiger partial charge on any atom is -0.368 e. The van der Waals surface area contributed by atoms with Crippen molar-refractivity contribution in [1.82, 2.24) is 15.2 Å². The predicted molar refractivity (Wildman–Crippen MR) is 88.5 cm³/mol. The lowest BCUT2D eigenvalue weighted by molar-refractivity contribution is -0.120. The van der Waals surface area contributed by atoms with Gasteiger partial charge in [0.25, 0.3) is 0 Å². The van der Waals surface area contributed by atoms with Crippen molar-refractivity contribution in [2.24, 2.45) is 5.73 Å². The number of hydrogen-bond donors (Lipinski definition) is 2. The molecule has 0 fully saturated rings. The molecule has 5 nitrogen and oxygen atoms in total. The lowest BCUT2D eigenvalue weighted by atomic mass is 9.98. The first kappa shape index (κ1) is 18.1. The van der Waals surface area contributed by atoms with Crippen molar-refractivity contribution < 1.29 is 4.79 Å². The van der Waals surface area contributed by atoms with Gasteiger partial charge in [0.1, 0.15) is 6.04 Å². The van der Waals surface area contributed by atoms with Gasteiger partial charge in [0, 0.05) is 23.9 Å². The standard InChI is InChI=1S/C15H28N4OS/c1-6-19(7-2)9-8-17-12(13(16)20)11-10-21-14(18-11)15(3,4)5/h10,12,17H,6-9H2,1-5H3,(H2,16,20). The number of hydrogen-bond acceptors (Lipinski definition) is 5. The first-order valence-electron chi connectivity index (χ1n) is 7.50. The normalized spacial score (nSPS) is 13.6. The Bertz CT molecular complexity index is 449. The molecule has 0 saturated heterocycles. The molecule has 1 unspecified atom stereocenters. The van der Waals surface area contributed by atoms with Crippen molar-refractivity contribution in [3.8, 4) is 0 Å². The Morgan fingerprint density at radius 1 is 1.43 bits per heavy atom. The van der Waals surface area contributed by atoms with E-state index in [1.54, 1.807) is 11.3 Å². The molecule has 120 valence electrons. The van der Waals surface area contributed by atoms with E-state index in [1.807, 2.05) is 5.38 Å². The Kier molecular flexibility index (Phi) is 6.77. The molecule has 0 aliphatic carbocycles. The molecule has 3 N–H and O–H groups in total. The van der Waals surface area contributed by atoms with Gasteiger partial charge in [-0.15, -0.1) is 11.3 Å². The van der Waals surface area contributed by atoms with Crippen LogP contribution >= 0.6 is 11.3 Å². The molecule has 6 heteroatoms. The molecular formula is C15H28N4OS. The van der Waals surface area contributed by atoms with Crippen LogP contribution in [0, 0.1) is 0 Å². The summed E-state index contributed by atoms with van der Waals surface area (Å²) in [5, 5.41) is 6.18. The van der Waals surface area contributed by atoms with Crippen LogP contribution in [0.3, 0.4) is 0 Å². The number of nitrogens with zero attached hydrogens (tertiary/aromatic N) is 2. The molecule has 0 saturated carbocycles. The van der Waals surface area contributed by atoms with E-state index >= 15 is 0 Å². The summed E-state index contributed by atoms with van der Waals surface area (Å²) in [6.07, 6.45) is 0. The van der Waals surface area contributed by atoms with Crippen molar-refractivity contribution in [3.63, 3.8) is 0 Å². The van der Waals surface area contributed by atoms with E-state index in [1.165, 1.54) is 0 Å². The van der Waals surface area contributed by atoms with Gasteiger partial charge >= 0.3 is 0 Å². The van der Waals surface area contributed by atoms with Crippen LogP contribution in [0.5, 0.6) is 0 Å². The number of carbonyl (C=O) groups is 1. The Balaban J connectivity index is 2.70. The number of nitrogens with one attached hydrogen (secondary N) is 1. The topological polar surface area (TPSA) is 71.2 Å². The zero-order valence-electron chi connectivity index (χ0n) is 13.8. The fourth-order valence-corrected chi connectivity index (χ4v) is 2.95. The maximum Gasteiger partial charge on any atom is 0.240 e. The average molecular weight is 312 g/mol. The van der Waals surface area contributed by atoms with E-state index in [0.29, 0.717) is 0 Å². The van der Waals surface area contributed by atoms with Crippen LogP contribution in [0.4, 0.5) is 0 Å². The number of carbonyl (C=O) groups excluding carboxylic acids is 1. The molecule has 1 aromatic rings. The van der Waals surface area contributed by atoms with Crippen molar-refractivity contribution >= 4 is 17.2 Å². The van der Waals surface area contributed by atoms with Crippen molar-refractivity contribution in [1.29, 1.82) is 0 Å². The van der Waals surface area contributed by atoms with Gasteiger partial charge in [-0.3, -0.25) is 10.1 Å². The molecule has 0 spiro atoms. The Labute approximate surface area is 131 Å². The summed E-state index contributed by atoms with van der Waals surface area (Å²) in [5.74, 6) is -0.375. The highest BCUT2D eigenvalue weighted by molar-refractivity contribution is 7.09.